The maximum Gasteiger partial charge on any atom is 0.189 e. The lowest BCUT2D eigenvalue weighted by Gasteiger charge is -2.28. The molecule has 0 unspecified atom stereocenters. The van der Waals surface area contributed by atoms with Crippen molar-refractivity contribution in [3.05, 3.63) is 42.1 Å². The maximum atomic E-state index is 10.1. The maximum absolute atomic E-state index is 10.1. The first kappa shape index (κ1) is 18.0. The van der Waals surface area contributed by atoms with E-state index in [1.807, 2.05) is 43.3 Å². The van der Waals surface area contributed by atoms with Crippen molar-refractivity contribution in [3.8, 4) is 5.75 Å². The van der Waals surface area contributed by atoms with Crippen LogP contribution in [0.25, 0.3) is 0 Å². The van der Waals surface area contributed by atoms with Crippen LogP contribution in [-0.2, 0) is 4.74 Å². The molecule has 1 aromatic carbocycles. The third-order valence-electron chi connectivity index (χ3n) is 3.75. The zero-order chi connectivity index (χ0) is 17.5. The van der Waals surface area contributed by atoms with Crippen LogP contribution in [0.15, 0.2) is 41.6 Å². The number of anilines is 1. The highest BCUT2D eigenvalue weighted by atomic mass is 32.2. The van der Waals surface area contributed by atoms with Crippen LogP contribution in [0.5, 0.6) is 5.75 Å². The second-order valence-corrected chi connectivity index (χ2v) is 6.83. The van der Waals surface area contributed by atoms with Gasteiger partial charge in [0.2, 0.25) is 0 Å². The van der Waals surface area contributed by atoms with Crippen LogP contribution < -0.4 is 9.64 Å². The minimum Gasteiger partial charge on any atom is -0.491 e. The summed E-state index contributed by atoms with van der Waals surface area (Å²) in [6.45, 7) is 5.34. The second kappa shape index (κ2) is 9.03. The third-order valence-corrected chi connectivity index (χ3v) is 4.74. The minimum absolute atomic E-state index is 0.249. The van der Waals surface area contributed by atoms with E-state index in [0.29, 0.717) is 10.9 Å². The smallest absolute Gasteiger partial charge is 0.189 e. The van der Waals surface area contributed by atoms with E-state index in [0.717, 1.165) is 43.6 Å². The van der Waals surface area contributed by atoms with Gasteiger partial charge in [0.25, 0.3) is 0 Å². The average Bonchev–Trinajstić information content (AvgIpc) is 2.66. The van der Waals surface area contributed by atoms with Crippen LogP contribution in [0.1, 0.15) is 5.69 Å². The van der Waals surface area contributed by atoms with Gasteiger partial charge in [0.15, 0.2) is 5.16 Å². The molecular weight excluding hydrogens is 338 g/mol. The Morgan fingerprint density at radius 2 is 2.00 bits per heavy atom. The number of hydrogen-bond acceptors (Lipinski definition) is 7. The highest BCUT2D eigenvalue weighted by Crippen LogP contribution is 2.21. The standard InChI is InChI=1S/C18H23N3O3S/c1-14-11-17(21-7-9-23-10-8-21)20-18(19-14)25-13-15(22)12-24-16-5-3-2-4-6-16/h2-6,11,15,22H,7-10,12-13H2,1H3/t15-/m1/s1. The first-order valence-corrected chi connectivity index (χ1v) is 9.36. The largest absolute Gasteiger partial charge is 0.491 e. The molecule has 0 aliphatic carbocycles. The summed E-state index contributed by atoms with van der Waals surface area (Å²) < 4.78 is 11.0. The fraction of sp³-hybridized carbons (Fsp3) is 0.444. The van der Waals surface area contributed by atoms with E-state index in [-0.39, 0.29) is 6.61 Å². The predicted octanol–water partition coefficient (Wildman–Crippen LogP) is 2.15. The summed E-state index contributed by atoms with van der Waals surface area (Å²) in [5.74, 6) is 2.17. The number of para-hydroxylation sites is 1. The van der Waals surface area contributed by atoms with Crippen molar-refractivity contribution in [1.82, 2.24) is 9.97 Å². The summed E-state index contributed by atoms with van der Waals surface area (Å²) in [7, 11) is 0. The Bertz CT molecular complexity index is 666. The van der Waals surface area contributed by atoms with Gasteiger partial charge in [-0.15, -0.1) is 0 Å². The zero-order valence-electron chi connectivity index (χ0n) is 14.3. The molecule has 1 saturated heterocycles. The van der Waals surface area contributed by atoms with Crippen molar-refractivity contribution in [2.75, 3.05) is 43.6 Å². The Morgan fingerprint density at radius 1 is 1.24 bits per heavy atom. The Hall–Kier alpha value is -1.83. The number of morpholine rings is 1. The summed E-state index contributed by atoms with van der Waals surface area (Å²) >= 11 is 1.45. The molecular formula is C18H23N3O3S. The molecule has 1 aliphatic rings. The van der Waals surface area contributed by atoms with E-state index >= 15 is 0 Å². The summed E-state index contributed by atoms with van der Waals surface area (Å²) in [4.78, 5) is 11.3. The van der Waals surface area contributed by atoms with E-state index in [2.05, 4.69) is 14.9 Å². The molecule has 1 fully saturated rings. The van der Waals surface area contributed by atoms with Crippen molar-refractivity contribution in [2.24, 2.45) is 0 Å². The fourth-order valence-corrected chi connectivity index (χ4v) is 3.28. The van der Waals surface area contributed by atoms with Gasteiger partial charge in [-0.1, -0.05) is 30.0 Å². The molecule has 0 saturated carbocycles. The van der Waals surface area contributed by atoms with Crippen LogP contribution in [0, 0.1) is 6.92 Å². The number of nitrogens with zero attached hydrogens (tertiary/aromatic N) is 3. The Balaban J connectivity index is 1.52. The normalized spacial score (nSPS) is 15.8. The van der Waals surface area contributed by atoms with Crippen molar-refractivity contribution in [1.29, 1.82) is 0 Å². The van der Waals surface area contributed by atoms with Gasteiger partial charge in [0, 0.05) is 30.6 Å². The van der Waals surface area contributed by atoms with E-state index in [1.54, 1.807) is 0 Å². The van der Waals surface area contributed by atoms with E-state index < -0.39 is 6.10 Å². The monoisotopic (exact) mass is 361 g/mol. The highest BCUT2D eigenvalue weighted by molar-refractivity contribution is 7.99. The molecule has 2 heterocycles. The Kier molecular flexibility index (Phi) is 6.49. The van der Waals surface area contributed by atoms with Crippen molar-refractivity contribution >= 4 is 17.6 Å². The van der Waals surface area contributed by atoms with Gasteiger partial charge in [-0.3, -0.25) is 0 Å². The molecule has 1 atom stereocenters. The topological polar surface area (TPSA) is 67.7 Å². The minimum atomic E-state index is -0.582. The number of hydrogen-bond donors (Lipinski definition) is 1. The molecule has 25 heavy (non-hydrogen) atoms. The molecule has 1 N–H and O–H groups in total. The molecule has 1 aliphatic heterocycles. The molecule has 7 heteroatoms. The summed E-state index contributed by atoms with van der Waals surface area (Å²) in [6.07, 6.45) is -0.582. The van der Waals surface area contributed by atoms with Gasteiger partial charge < -0.3 is 19.5 Å². The molecule has 6 nitrogen and oxygen atoms in total. The van der Waals surface area contributed by atoms with Gasteiger partial charge >= 0.3 is 0 Å². The quantitative estimate of drug-likeness (QED) is 0.599. The van der Waals surface area contributed by atoms with Gasteiger partial charge in [0.1, 0.15) is 18.2 Å². The summed E-state index contributed by atoms with van der Waals surface area (Å²) in [5.41, 5.74) is 0.925. The summed E-state index contributed by atoms with van der Waals surface area (Å²) in [6, 6.07) is 11.5. The van der Waals surface area contributed by atoms with Crippen LogP contribution in [0.2, 0.25) is 0 Å². The number of ether oxygens (including phenoxy) is 2. The molecule has 0 bridgehead atoms. The Labute approximate surface area is 152 Å². The van der Waals surface area contributed by atoms with Gasteiger partial charge in [0.05, 0.1) is 19.3 Å². The molecule has 3 rings (SSSR count). The number of thioether (sulfide) groups is 1. The van der Waals surface area contributed by atoms with Crippen LogP contribution in [0.4, 0.5) is 5.82 Å². The first-order valence-electron chi connectivity index (χ1n) is 8.38. The lowest BCUT2D eigenvalue weighted by Crippen LogP contribution is -2.36. The van der Waals surface area contributed by atoms with Gasteiger partial charge in [-0.05, 0) is 19.1 Å². The predicted molar refractivity (Wildman–Crippen MR) is 98.5 cm³/mol. The zero-order valence-corrected chi connectivity index (χ0v) is 15.1. The van der Waals surface area contributed by atoms with Crippen LogP contribution in [-0.4, -0.2) is 59.8 Å². The Morgan fingerprint density at radius 3 is 2.76 bits per heavy atom. The van der Waals surface area contributed by atoms with Crippen LogP contribution >= 0.6 is 11.8 Å². The molecule has 134 valence electrons. The van der Waals surface area contributed by atoms with E-state index in [4.69, 9.17) is 9.47 Å². The number of aliphatic hydroxyl groups is 1. The molecule has 0 radical (unpaired) electrons. The summed E-state index contributed by atoms with van der Waals surface area (Å²) in [5, 5.41) is 10.8. The second-order valence-electron chi connectivity index (χ2n) is 5.84. The first-order chi connectivity index (χ1) is 12.2. The highest BCUT2D eigenvalue weighted by Gasteiger charge is 2.15. The SMILES string of the molecule is Cc1cc(N2CCOCC2)nc(SC[C@H](O)COc2ccccc2)n1. The molecule has 1 aromatic heterocycles. The third kappa shape index (κ3) is 5.59. The van der Waals surface area contributed by atoms with Crippen molar-refractivity contribution in [2.45, 2.75) is 18.2 Å². The van der Waals surface area contributed by atoms with Crippen LogP contribution in [0.3, 0.4) is 0 Å². The number of aryl methyl sites for hydroxylation is 1. The lowest BCUT2D eigenvalue weighted by atomic mass is 10.3. The van der Waals surface area contributed by atoms with Gasteiger partial charge in [-0.2, -0.15) is 0 Å². The van der Waals surface area contributed by atoms with Crippen molar-refractivity contribution < 1.29 is 14.6 Å². The van der Waals surface area contributed by atoms with Crippen molar-refractivity contribution in [3.63, 3.8) is 0 Å². The number of aliphatic hydroxyl groups excluding tert-OH is 1. The number of benzene rings is 1. The average molecular weight is 361 g/mol. The number of aromatic nitrogens is 2. The number of rotatable bonds is 7. The molecule has 0 amide bonds. The molecule has 2 aromatic rings. The molecule has 0 spiro atoms. The van der Waals surface area contributed by atoms with E-state index in [9.17, 15) is 5.11 Å². The van der Waals surface area contributed by atoms with E-state index in [1.165, 1.54) is 11.8 Å². The van der Waals surface area contributed by atoms with Gasteiger partial charge in [-0.25, -0.2) is 9.97 Å². The fourth-order valence-electron chi connectivity index (χ4n) is 2.47. The lowest BCUT2D eigenvalue weighted by molar-refractivity contribution is 0.122.